The first-order valence-electron chi connectivity index (χ1n) is 16.6. The molecule has 0 radical (unpaired) electrons. The van der Waals surface area contributed by atoms with Gasteiger partial charge in [-0.25, -0.2) is 4.79 Å². The summed E-state index contributed by atoms with van der Waals surface area (Å²) in [5, 5.41) is 11.4. The monoisotopic (exact) mass is 562 g/mol. The van der Waals surface area contributed by atoms with Crippen LogP contribution in [0.2, 0.25) is 0 Å². The molecular formula is C37H54O4. The number of rotatable bonds is 8. The highest BCUT2D eigenvalue weighted by atomic mass is 16.5. The van der Waals surface area contributed by atoms with Gasteiger partial charge in [-0.15, -0.1) is 0 Å². The van der Waals surface area contributed by atoms with Gasteiger partial charge in [0, 0.05) is 11.8 Å². The van der Waals surface area contributed by atoms with Crippen LogP contribution in [-0.4, -0.2) is 29.1 Å². The van der Waals surface area contributed by atoms with Crippen molar-refractivity contribution in [2.24, 2.45) is 58.2 Å². The van der Waals surface area contributed by atoms with Gasteiger partial charge in [0.15, 0.2) is 5.78 Å². The van der Waals surface area contributed by atoms with Crippen molar-refractivity contribution in [3.63, 3.8) is 0 Å². The van der Waals surface area contributed by atoms with Gasteiger partial charge in [0.1, 0.15) is 6.10 Å². The van der Waals surface area contributed by atoms with Gasteiger partial charge >= 0.3 is 5.97 Å². The van der Waals surface area contributed by atoms with Crippen molar-refractivity contribution in [3.8, 4) is 0 Å². The fourth-order valence-corrected chi connectivity index (χ4v) is 10.4. The summed E-state index contributed by atoms with van der Waals surface area (Å²) in [5.74, 6) is 2.61. The topological polar surface area (TPSA) is 63.6 Å². The largest absolute Gasteiger partial charge is 0.458 e. The Balaban J connectivity index is 1.34. The fraction of sp³-hybridized carbons (Fsp3) is 0.730. The van der Waals surface area contributed by atoms with Crippen molar-refractivity contribution in [1.82, 2.24) is 0 Å². The molecule has 3 saturated carbocycles. The molecule has 226 valence electrons. The molecule has 4 heteroatoms. The van der Waals surface area contributed by atoms with Gasteiger partial charge in [-0.05, 0) is 109 Å². The third kappa shape index (κ3) is 5.25. The number of hydrogen-bond acceptors (Lipinski definition) is 4. The zero-order valence-electron chi connectivity index (χ0n) is 26.6. The number of hydrogen-bond donors (Lipinski definition) is 1. The average molecular weight is 563 g/mol. The summed E-state index contributed by atoms with van der Waals surface area (Å²) in [4.78, 5) is 26.9. The summed E-state index contributed by atoms with van der Waals surface area (Å²) >= 11 is 0. The Hall–Kier alpha value is -1.94. The van der Waals surface area contributed by atoms with E-state index in [2.05, 4.69) is 48.5 Å². The summed E-state index contributed by atoms with van der Waals surface area (Å²) in [6.07, 6.45) is 9.84. The molecule has 4 aliphatic carbocycles. The van der Waals surface area contributed by atoms with E-state index in [0.29, 0.717) is 35.2 Å². The minimum absolute atomic E-state index is 0.000938. The van der Waals surface area contributed by atoms with Crippen molar-refractivity contribution < 1.29 is 19.4 Å². The van der Waals surface area contributed by atoms with Crippen LogP contribution in [0, 0.1) is 58.2 Å². The predicted molar refractivity (Wildman–Crippen MR) is 164 cm³/mol. The Labute approximate surface area is 248 Å². The predicted octanol–water partition coefficient (Wildman–Crippen LogP) is 8.29. The van der Waals surface area contributed by atoms with Gasteiger partial charge in [-0.2, -0.15) is 0 Å². The van der Waals surface area contributed by atoms with Crippen LogP contribution in [0.15, 0.2) is 42.0 Å². The van der Waals surface area contributed by atoms with Crippen LogP contribution in [0.4, 0.5) is 0 Å². The second-order valence-electron chi connectivity index (χ2n) is 15.1. The van der Waals surface area contributed by atoms with Crippen molar-refractivity contribution in [2.45, 2.75) is 112 Å². The molecule has 41 heavy (non-hydrogen) atoms. The third-order valence-corrected chi connectivity index (χ3v) is 12.9. The minimum atomic E-state index is -0.286. The fourth-order valence-electron chi connectivity index (χ4n) is 10.4. The quantitative estimate of drug-likeness (QED) is 0.324. The molecule has 4 aliphatic rings. The Bertz CT molecular complexity index is 1140. The Morgan fingerprint density at radius 1 is 1.00 bits per heavy atom. The van der Waals surface area contributed by atoms with E-state index in [0.717, 1.165) is 44.9 Å². The van der Waals surface area contributed by atoms with Crippen LogP contribution in [0.5, 0.6) is 0 Å². The summed E-state index contributed by atoms with van der Waals surface area (Å²) in [5.41, 5.74) is 2.03. The molecule has 0 aromatic heterocycles. The molecule has 0 heterocycles. The number of aliphatic hydroxyl groups excluding tert-OH is 1. The lowest BCUT2D eigenvalue weighted by atomic mass is 9.46. The molecule has 1 aromatic carbocycles. The van der Waals surface area contributed by atoms with Crippen LogP contribution in [-0.2, 0) is 9.53 Å². The molecule has 1 N–H and O–H groups in total. The number of allylic oxidation sites excluding steroid dienone is 2. The van der Waals surface area contributed by atoms with Gasteiger partial charge < -0.3 is 9.84 Å². The first kappa shape index (κ1) is 30.5. The van der Waals surface area contributed by atoms with E-state index >= 15 is 0 Å². The molecule has 11 atom stereocenters. The maximum atomic E-state index is 14.0. The molecule has 1 aromatic rings. The average Bonchev–Trinajstić information content (AvgIpc) is 3.30. The Kier molecular flexibility index (Phi) is 8.65. The Morgan fingerprint density at radius 3 is 2.32 bits per heavy atom. The van der Waals surface area contributed by atoms with Crippen molar-refractivity contribution in [1.29, 1.82) is 0 Å². The van der Waals surface area contributed by atoms with E-state index in [9.17, 15) is 14.7 Å². The van der Waals surface area contributed by atoms with E-state index in [4.69, 9.17) is 4.74 Å². The number of ether oxygens (including phenoxy) is 1. The molecule has 0 saturated heterocycles. The normalized spacial score (nSPS) is 38.8. The smallest absolute Gasteiger partial charge is 0.338 e. The molecule has 0 bridgehead atoms. The molecular weight excluding hydrogens is 508 g/mol. The van der Waals surface area contributed by atoms with E-state index < -0.39 is 0 Å². The standard InChI is InChI=1S/C37H54O4/c1-8-25(22(2)3)20-31(38)23(4)28-14-15-29-27-21-32(39)34-24(5)33(41-35(40)26-12-10-9-11-13-26)17-19-37(34,7)30(27)16-18-36(28,29)6/h9-13,21-25,28-31,33-34,38H,8,14-20H2,1-7H3/t23-,24+,25?,28+,29-,30-,31+,33-,34+,36+,37+/m0/s1. The summed E-state index contributed by atoms with van der Waals surface area (Å²) in [6.45, 7) is 16.1. The lowest BCUT2D eigenvalue weighted by Crippen LogP contribution is -2.56. The SMILES string of the molecule is CCC(C[C@@H](O)[C@@H](C)[C@H]1CC[C@H]2C3=CC(=O)[C@H]4[C@H](C)[C@@H](OC(=O)c5ccccc5)CC[C@]4(C)[C@H]3CC[C@]12C)C(C)C. The lowest BCUT2D eigenvalue weighted by molar-refractivity contribution is -0.140. The second-order valence-corrected chi connectivity index (χ2v) is 15.1. The lowest BCUT2D eigenvalue weighted by Gasteiger charge is -2.58. The van der Waals surface area contributed by atoms with Crippen LogP contribution >= 0.6 is 0 Å². The zero-order chi connectivity index (χ0) is 29.7. The van der Waals surface area contributed by atoms with Gasteiger partial charge in [0.2, 0.25) is 0 Å². The molecule has 1 unspecified atom stereocenters. The van der Waals surface area contributed by atoms with E-state index in [-0.39, 0.29) is 52.5 Å². The van der Waals surface area contributed by atoms with Crippen LogP contribution in [0.25, 0.3) is 0 Å². The highest BCUT2D eigenvalue weighted by molar-refractivity contribution is 5.95. The van der Waals surface area contributed by atoms with Crippen LogP contribution in [0.3, 0.4) is 0 Å². The zero-order valence-corrected chi connectivity index (χ0v) is 26.6. The van der Waals surface area contributed by atoms with Crippen molar-refractivity contribution in [2.75, 3.05) is 0 Å². The molecule has 4 nitrogen and oxygen atoms in total. The second kappa shape index (κ2) is 11.6. The maximum Gasteiger partial charge on any atom is 0.338 e. The first-order chi connectivity index (χ1) is 19.4. The highest BCUT2D eigenvalue weighted by Crippen LogP contribution is 2.67. The number of carbonyl (C=O) groups is 2. The van der Waals surface area contributed by atoms with Crippen LogP contribution < -0.4 is 0 Å². The van der Waals surface area contributed by atoms with Crippen molar-refractivity contribution in [3.05, 3.63) is 47.5 Å². The van der Waals surface area contributed by atoms with Crippen LogP contribution in [0.1, 0.15) is 110 Å². The minimum Gasteiger partial charge on any atom is -0.458 e. The number of aliphatic hydroxyl groups is 1. The van der Waals surface area contributed by atoms with Gasteiger partial charge in [0.05, 0.1) is 11.7 Å². The third-order valence-electron chi connectivity index (χ3n) is 12.9. The van der Waals surface area contributed by atoms with Crippen molar-refractivity contribution >= 4 is 11.8 Å². The number of benzene rings is 1. The summed E-state index contributed by atoms with van der Waals surface area (Å²) in [6, 6.07) is 9.19. The van der Waals surface area contributed by atoms with E-state index in [1.165, 1.54) is 12.0 Å². The molecule has 3 fully saturated rings. The molecule has 5 rings (SSSR count). The molecule has 0 aliphatic heterocycles. The number of carbonyl (C=O) groups excluding carboxylic acids is 2. The Morgan fingerprint density at radius 2 is 1.66 bits per heavy atom. The highest BCUT2D eigenvalue weighted by Gasteiger charge is 2.61. The number of ketones is 1. The molecule has 0 amide bonds. The van der Waals surface area contributed by atoms with Gasteiger partial charge in [-0.3, -0.25) is 4.79 Å². The number of esters is 1. The number of fused-ring (bicyclic) bond motifs is 5. The molecule has 0 spiro atoms. The maximum absolute atomic E-state index is 14.0. The van der Waals surface area contributed by atoms with E-state index in [1.54, 1.807) is 12.1 Å². The van der Waals surface area contributed by atoms with Gasteiger partial charge in [0.25, 0.3) is 0 Å². The first-order valence-corrected chi connectivity index (χ1v) is 16.6. The van der Waals surface area contributed by atoms with Gasteiger partial charge in [-0.1, -0.05) is 78.7 Å². The summed E-state index contributed by atoms with van der Waals surface area (Å²) < 4.78 is 6.03. The van der Waals surface area contributed by atoms with E-state index in [1.807, 2.05) is 24.3 Å². The summed E-state index contributed by atoms with van der Waals surface area (Å²) in [7, 11) is 0.